The first-order chi connectivity index (χ1) is 12.2. The standard InChI is InChI=1S/C19H16Cl2N4/c20-16-3-1-14(2-4-16)19-23-9-15-12-25(6-5-18(15)24-19)11-13-7-17(21)10-22-8-13/h1-4,7-10H,5-6,11-12H2. The third kappa shape index (κ3) is 3.82. The summed E-state index contributed by atoms with van der Waals surface area (Å²) in [5.41, 5.74) is 4.41. The number of pyridine rings is 1. The van der Waals surface area contributed by atoms with Crippen LogP contribution in [0.4, 0.5) is 0 Å². The quantitative estimate of drug-likeness (QED) is 0.684. The van der Waals surface area contributed by atoms with Crippen LogP contribution in [0, 0.1) is 0 Å². The SMILES string of the molecule is Clc1ccc(-c2ncc3c(n2)CCN(Cc2cncc(Cl)c2)C3)cc1. The van der Waals surface area contributed by atoms with E-state index in [1.54, 1.807) is 6.20 Å². The molecular formula is C19H16Cl2N4. The van der Waals surface area contributed by atoms with E-state index in [4.69, 9.17) is 28.2 Å². The second kappa shape index (κ2) is 7.08. The Hall–Kier alpha value is -2.01. The topological polar surface area (TPSA) is 41.9 Å². The Bertz CT molecular complexity index is 896. The van der Waals surface area contributed by atoms with Crippen molar-refractivity contribution >= 4 is 23.2 Å². The van der Waals surface area contributed by atoms with Gasteiger partial charge in [-0.2, -0.15) is 0 Å². The minimum absolute atomic E-state index is 0.672. The monoisotopic (exact) mass is 370 g/mol. The molecule has 0 aliphatic carbocycles. The minimum Gasteiger partial charge on any atom is -0.294 e. The number of aromatic nitrogens is 3. The second-order valence-corrected chi connectivity index (χ2v) is 7.02. The molecule has 0 bridgehead atoms. The van der Waals surface area contributed by atoms with Crippen molar-refractivity contribution in [2.45, 2.75) is 19.5 Å². The fourth-order valence-corrected chi connectivity index (χ4v) is 3.37. The van der Waals surface area contributed by atoms with Crippen molar-refractivity contribution in [3.8, 4) is 11.4 Å². The Balaban J connectivity index is 1.51. The van der Waals surface area contributed by atoms with E-state index in [0.717, 1.165) is 48.7 Å². The van der Waals surface area contributed by atoms with Crippen LogP contribution in [0.5, 0.6) is 0 Å². The smallest absolute Gasteiger partial charge is 0.159 e. The highest BCUT2D eigenvalue weighted by Gasteiger charge is 2.19. The van der Waals surface area contributed by atoms with Crippen LogP contribution in [0.2, 0.25) is 10.0 Å². The number of fused-ring (bicyclic) bond motifs is 1. The maximum absolute atomic E-state index is 6.02. The van der Waals surface area contributed by atoms with Gasteiger partial charge in [0.15, 0.2) is 5.82 Å². The molecule has 0 atom stereocenters. The predicted octanol–water partition coefficient (Wildman–Crippen LogP) is 4.40. The van der Waals surface area contributed by atoms with Crippen molar-refractivity contribution in [2.75, 3.05) is 6.54 Å². The zero-order chi connectivity index (χ0) is 17.2. The summed E-state index contributed by atoms with van der Waals surface area (Å²) < 4.78 is 0. The number of hydrogen-bond donors (Lipinski definition) is 0. The predicted molar refractivity (Wildman–Crippen MR) is 99.5 cm³/mol. The number of halogens is 2. The molecule has 1 aromatic carbocycles. The average Bonchev–Trinajstić information content (AvgIpc) is 2.62. The molecule has 0 spiro atoms. The summed E-state index contributed by atoms with van der Waals surface area (Å²) in [4.78, 5) is 15.8. The van der Waals surface area contributed by atoms with Crippen molar-refractivity contribution in [3.05, 3.63) is 75.8 Å². The summed E-state index contributed by atoms with van der Waals surface area (Å²) in [6.45, 7) is 2.62. The van der Waals surface area contributed by atoms with Crippen LogP contribution in [0.3, 0.4) is 0 Å². The van der Waals surface area contributed by atoms with E-state index in [0.29, 0.717) is 10.0 Å². The number of benzene rings is 1. The van der Waals surface area contributed by atoms with Gasteiger partial charge < -0.3 is 0 Å². The Morgan fingerprint density at radius 3 is 2.64 bits per heavy atom. The van der Waals surface area contributed by atoms with E-state index >= 15 is 0 Å². The lowest BCUT2D eigenvalue weighted by Gasteiger charge is -2.28. The van der Waals surface area contributed by atoms with Crippen LogP contribution in [-0.4, -0.2) is 26.4 Å². The van der Waals surface area contributed by atoms with Gasteiger partial charge in [0, 0.05) is 60.8 Å². The van der Waals surface area contributed by atoms with Crippen molar-refractivity contribution in [1.29, 1.82) is 0 Å². The van der Waals surface area contributed by atoms with Gasteiger partial charge in [0.1, 0.15) is 0 Å². The highest BCUT2D eigenvalue weighted by Crippen LogP contribution is 2.23. The number of rotatable bonds is 3. The molecule has 4 rings (SSSR count). The molecule has 0 unspecified atom stereocenters. The fourth-order valence-electron chi connectivity index (χ4n) is 3.05. The summed E-state index contributed by atoms with van der Waals surface area (Å²) in [6, 6.07) is 9.59. The number of hydrogen-bond acceptors (Lipinski definition) is 4. The molecule has 1 aliphatic heterocycles. The van der Waals surface area contributed by atoms with E-state index in [2.05, 4.69) is 14.9 Å². The average molecular weight is 371 g/mol. The lowest BCUT2D eigenvalue weighted by Crippen LogP contribution is -2.31. The molecule has 0 saturated carbocycles. The normalized spacial score (nSPS) is 14.3. The van der Waals surface area contributed by atoms with Gasteiger partial charge in [0.2, 0.25) is 0 Å². The molecule has 0 fully saturated rings. The summed E-state index contributed by atoms with van der Waals surface area (Å²) >= 11 is 12.0. The van der Waals surface area contributed by atoms with Crippen LogP contribution in [-0.2, 0) is 19.5 Å². The zero-order valence-corrected chi connectivity index (χ0v) is 15.0. The van der Waals surface area contributed by atoms with Gasteiger partial charge >= 0.3 is 0 Å². The van der Waals surface area contributed by atoms with Gasteiger partial charge in [-0.1, -0.05) is 23.2 Å². The Morgan fingerprint density at radius 1 is 1.00 bits per heavy atom. The first-order valence-corrected chi connectivity index (χ1v) is 8.85. The molecule has 3 heterocycles. The highest BCUT2D eigenvalue weighted by atomic mass is 35.5. The Kier molecular flexibility index (Phi) is 4.66. The minimum atomic E-state index is 0.672. The first kappa shape index (κ1) is 16.5. The van der Waals surface area contributed by atoms with Gasteiger partial charge in [-0.05, 0) is 35.9 Å². The third-order valence-electron chi connectivity index (χ3n) is 4.28. The maximum Gasteiger partial charge on any atom is 0.159 e. The molecule has 25 heavy (non-hydrogen) atoms. The van der Waals surface area contributed by atoms with Crippen molar-refractivity contribution in [2.24, 2.45) is 0 Å². The summed E-state index contributed by atoms with van der Waals surface area (Å²) in [5, 5.41) is 1.39. The van der Waals surface area contributed by atoms with E-state index in [9.17, 15) is 0 Å². The van der Waals surface area contributed by atoms with Crippen molar-refractivity contribution in [1.82, 2.24) is 19.9 Å². The Labute approximate surface area is 156 Å². The summed E-state index contributed by atoms with van der Waals surface area (Å²) in [7, 11) is 0. The van der Waals surface area contributed by atoms with Gasteiger partial charge in [-0.15, -0.1) is 0 Å². The fraction of sp³-hybridized carbons (Fsp3) is 0.211. The third-order valence-corrected chi connectivity index (χ3v) is 4.74. The maximum atomic E-state index is 6.02. The van der Waals surface area contributed by atoms with Gasteiger partial charge in [-0.3, -0.25) is 9.88 Å². The van der Waals surface area contributed by atoms with Gasteiger partial charge in [0.05, 0.1) is 10.7 Å². The summed E-state index contributed by atoms with van der Waals surface area (Å²) in [5.74, 6) is 0.753. The van der Waals surface area contributed by atoms with Crippen molar-refractivity contribution in [3.63, 3.8) is 0 Å². The van der Waals surface area contributed by atoms with E-state index < -0.39 is 0 Å². The molecule has 0 saturated heterocycles. The Morgan fingerprint density at radius 2 is 1.84 bits per heavy atom. The molecular weight excluding hydrogens is 355 g/mol. The van der Waals surface area contributed by atoms with Gasteiger partial charge in [0.25, 0.3) is 0 Å². The molecule has 3 aromatic rings. The van der Waals surface area contributed by atoms with E-state index in [1.165, 1.54) is 5.56 Å². The molecule has 0 N–H and O–H groups in total. The molecule has 2 aromatic heterocycles. The van der Waals surface area contributed by atoms with E-state index in [-0.39, 0.29) is 0 Å². The van der Waals surface area contributed by atoms with Crippen LogP contribution in [0.1, 0.15) is 16.8 Å². The zero-order valence-electron chi connectivity index (χ0n) is 13.5. The molecule has 126 valence electrons. The van der Waals surface area contributed by atoms with E-state index in [1.807, 2.05) is 42.7 Å². The number of nitrogens with zero attached hydrogens (tertiary/aromatic N) is 4. The lowest BCUT2D eigenvalue weighted by atomic mass is 10.1. The lowest BCUT2D eigenvalue weighted by molar-refractivity contribution is 0.242. The molecule has 0 radical (unpaired) electrons. The first-order valence-electron chi connectivity index (χ1n) is 8.10. The van der Waals surface area contributed by atoms with Crippen LogP contribution < -0.4 is 0 Å². The van der Waals surface area contributed by atoms with Crippen LogP contribution in [0.25, 0.3) is 11.4 Å². The van der Waals surface area contributed by atoms with Gasteiger partial charge in [-0.25, -0.2) is 9.97 Å². The molecule has 0 amide bonds. The largest absolute Gasteiger partial charge is 0.294 e. The molecule has 4 nitrogen and oxygen atoms in total. The summed E-state index contributed by atoms with van der Waals surface area (Å²) in [6.07, 6.45) is 6.37. The second-order valence-electron chi connectivity index (χ2n) is 6.14. The highest BCUT2D eigenvalue weighted by molar-refractivity contribution is 6.30. The van der Waals surface area contributed by atoms with Crippen LogP contribution >= 0.6 is 23.2 Å². The molecule has 6 heteroatoms. The van der Waals surface area contributed by atoms with Crippen molar-refractivity contribution < 1.29 is 0 Å². The van der Waals surface area contributed by atoms with Crippen LogP contribution in [0.15, 0.2) is 48.9 Å². The molecule has 1 aliphatic rings.